The summed E-state index contributed by atoms with van der Waals surface area (Å²) in [4.78, 5) is 99.5. The lowest BCUT2D eigenvalue weighted by Gasteiger charge is -2.34. The number of hydrogen-bond donors (Lipinski definition) is 8. The van der Waals surface area contributed by atoms with Gasteiger partial charge in [0.05, 0.1) is 31.8 Å². The molecule has 336 valence electrons. The van der Waals surface area contributed by atoms with E-state index in [0.717, 1.165) is 4.90 Å². The molecule has 0 aromatic heterocycles. The first-order valence-electron chi connectivity index (χ1n) is 20.4. The summed E-state index contributed by atoms with van der Waals surface area (Å²) in [5, 5.41) is 44.3. The van der Waals surface area contributed by atoms with E-state index in [1.807, 2.05) is 0 Å². The maximum absolute atomic E-state index is 14.8. The van der Waals surface area contributed by atoms with Gasteiger partial charge in [0.1, 0.15) is 42.1 Å². The molecule has 0 spiro atoms. The highest BCUT2D eigenvalue weighted by Crippen LogP contribution is 2.23. The van der Waals surface area contributed by atoms with Crippen LogP contribution in [0, 0.1) is 17.8 Å². The van der Waals surface area contributed by atoms with Crippen LogP contribution in [0.15, 0.2) is 54.6 Å². The van der Waals surface area contributed by atoms with Crippen LogP contribution in [-0.2, 0) is 44.7 Å². The number of benzene rings is 2. The zero-order valence-electron chi connectivity index (χ0n) is 36.2. The number of hydrogen-bond acceptors (Lipinski definition) is 12. The Hall–Kier alpha value is -5.59. The number of aliphatic hydroxyl groups excluding tert-OH is 3. The molecule has 0 radical (unpaired) electrons. The molecular formula is C43H62N6O12. The number of methoxy groups -OCH3 is 1. The van der Waals surface area contributed by atoms with Crippen LogP contribution in [0.3, 0.4) is 0 Å². The monoisotopic (exact) mass is 854 g/mol. The number of cyclic esters (lactones) is 1. The van der Waals surface area contributed by atoms with Gasteiger partial charge in [-0.1, -0.05) is 83.5 Å². The molecule has 1 heterocycles. The number of esters is 1. The zero-order chi connectivity index (χ0) is 45.7. The maximum atomic E-state index is 14.8. The smallest absolute Gasteiger partial charge is 0.331 e. The molecule has 0 saturated carbocycles. The fourth-order valence-corrected chi connectivity index (χ4v) is 6.70. The molecule has 18 heteroatoms. The number of ether oxygens (including phenoxy) is 2. The van der Waals surface area contributed by atoms with Crippen molar-refractivity contribution in [3.05, 3.63) is 65.7 Å². The van der Waals surface area contributed by atoms with Gasteiger partial charge in [-0.05, 0) is 48.9 Å². The Morgan fingerprint density at radius 2 is 1.43 bits per heavy atom. The number of likely N-dealkylation sites (N-methyl/N-ethyl adjacent to an activating group) is 1. The van der Waals surface area contributed by atoms with Crippen LogP contribution < -0.4 is 31.3 Å². The van der Waals surface area contributed by atoms with E-state index >= 15 is 0 Å². The second-order valence-corrected chi connectivity index (χ2v) is 15.9. The lowest BCUT2D eigenvalue weighted by atomic mass is 9.93. The fraction of sp³-hybridized carbons (Fsp3) is 0.558. The second kappa shape index (κ2) is 22.9. The summed E-state index contributed by atoms with van der Waals surface area (Å²) in [6.07, 6.45) is -3.94. The molecule has 0 aliphatic carbocycles. The molecule has 6 amide bonds. The number of nitrogens with one attached hydrogen (secondary N) is 5. The van der Waals surface area contributed by atoms with Gasteiger partial charge in [0.2, 0.25) is 35.4 Å². The minimum Gasteiger partial charge on any atom is -0.497 e. The predicted molar refractivity (Wildman–Crippen MR) is 222 cm³/mol. The maximum Gasteiger partial charge on any atom is 0.331 e. The average Bonchev–Trinajstić information content (AvgIpc) is 3.24. The Labute approximate surface area is 356 Å². The molecular weight excluding hydrogens is 793 g/mol. The van der Waals surface area contributed by atoms with Gasteiger partial charge >= 0.3 is 5.97 Å². The molecule has 18 nitrogen and oxygen atoms in total. The summed E-state index contributed by atoms with van der Waals surface area (Å²) in [5.41, 5.74) is 0.903. The summed E-state index contributed by atoms with van der Waals surface area (Å²) >= 11 is 0. The van der Waals surface area contributed by atoms with Gasteiger partial charge in [-0.15, -0.1) is 0 Å². The van der Waals surface area contributed by atoms with Gasteiger partial charge < -0.3 is 56.3 Å². The lowest BCUT2D eigenvalue weighted by molar-refractivity contribution is -0.157. The summed E-state index contributed by atoms with van der Waals surface area (Å²) in [6.45, 7) is 9.75. The van der Waals surface area contributed by atoms with Crippen molar-refractivity contribution in [2.75, 3.05) is 20.8 Å². The number of carbonyl (C=O) groups excluding carboxylic acids is 7. The standard InChI is InChI=1S/C43H62N6O12/c1-10-23(4)32-39(55)48-35(28-16-18-29(60-9)19-17-28)42(58)49(8)31(20-27-14-12-11-13-15-27)38(54)46-33(25(6)51)40(56)44-30(21-50)43(59)61-26(7)34(41(57)45-32)47-37(53)24(5)36(52)22(2)3/h11-19,22-26,30-36,50-52H,10,20-21H2,1-9H3,(H,44,56)(H,45,57)(H,46,54)(H,47,53)(H,48,55). The van der Waals surface area contributed by atoms with Gasteiger partial charge in [-0.3, -0.25) is 28.8 Å². The van der Waals surface area contributed by atoms with E-state index in [0.29, 0.717) is 17.7 Å². The molecule has 1 aliphatic rings. The summed E-state index contributed by atoms with van der Waals surface area (Å²) in [5.74, 6) is -8.09. The number of carbonyl (C=O) groups is 7. The fourth-order valence-electron chi connectivity index (χ4n) is 6.70. The third-order valence-electron chi connectivity index (χ3n) is 11.0. The molecule has 0 bridgehead atoms. The minimum absolute atomic E-state index is 0.0821. The molecule has 11 atom stereocenters. The van der Waals surface area contributed by atoms with Crippen LogP contribution in [0.1, 0.15) is 72.1 Å². The largest absolute Gasteiger partial charge is 0.497 e. The van der Waals surface area contributed by atoms with E-state index in [1.165, 1.54) is 34.9 Å². The van der Waals surface area contributed by atoms with E-state index in [1.54, 1.807) is 82.3 Å². The van der Waals surface area contributed by atoms with Crippen molar-refractivity contribution in [3.8, 4) is 5.75 Å². The number of nitrogens with zero attached hydrogens (tertiary/aromatic N) is 1. The second-order valence-electron chi connectivity index (χ2n) is 15.9. The van der Waals surface area contributed by atoms with Crippen molar-refractivity contribution < 1.29 is 58.4 Å². The Kier molecular flexibility index (Phi) is 18.6. The molecule has 1 aliphatic heterocycles. The molecule has 1 saturated heterocycles. The zero-order valence-corrected chi connectivity index (χ0v) is 36.2. The minimum atomic E-state index is -1.79. The SMILES string of the molecule is CCC(C)C1NC(=O)C(NC(=O)C(C)C(O)C(C)C)C(C)OC(=O)C(CO)NC(=O)C(C(C)O)NC(=O)C(Cc2ccccc2)N(C)C(=O)C(c2ccc(OC)cc2)NC1=O. The highest BCUT2D eigenvalue weighted by Gasteiger charge is 2.41. The van der Waals surface area contributed by atoms with E-state index in [2.05, 4.69) is 26.6 Å². The molecule has 61 heavy (non-hydrogen) atoms. The van der Waals surface area contributed by atoms with E-state index in [9.17, 15) is 48.9 Å². The van der Waals surface area contributed by atoms with Gasteiger partial charge in [0, 0.05) is 13.5 Å². The molecule has 11 unspecified atom stereocenters. The molecule has 2 aromatic rings. The van der Waals surface area contributed by atoms with Crippen LogP contribution >= 0.6 is 0 Å². The molecule has 2 aromatic carbocycles. The highest BCUT2D eigenvalue weighted by molar-refractivity contribution is 5.98. The van der Waals surface area contributed by atoms with Crippen LogP contribution in [0.5, 0.6) is 5.75 Å². The van der Waals surface area contributed by atoms with Gasteiger partial charge in [0.25, 0.3) is 0 Å². The van der Waals surface area contributed by atoms with Crippen molar-refractivity contribution in [2.45, 2.75) is 116 Å². The Bertz CT molecular complexity index is 1830. The van der Waals surface area contributed by atoms with Gasteiger partial charge in [-0.2, -0.15) is 0 Å². The van der Waals surface area contributed by atoms with Crippen LogP contribution in [0.4, 0.5) is 0 Å². The van der Waals surface area contributed by atoms with Crippen molar-refractivity contribution in [1.29, 1.82) is 0 Å². The van der Waals surface area contributed by atoms with Crippen LogP contribution in [0.25, 0.3) is 0 Å². The van der Waals surface area contributed by atoms with Crippen molar-refractivity contribution in [2.24, 2.45) is 17.8 Å². The molecule has 1 fully saturated rings. The van der Waals surface area contributed by atoms with Crippen LogP contribution in [0.2, 0.25) is 0 Å². The normalized spacial score (nSPS) is 25.9. The topological polar surface area (TPSA) is 262 Å². The summed E-state index contributed by atoms with van der Waals surface area (Å²) in [6, 6.07) is 5.55. The molecule has 3 rings (SSSR count). The summed E-state index contributed by atoms with van der Waals surface area (Å²) in [7, 11) is 2.80. The number of amides is 6. The predicted octanol–water partition coefficient (Wildman–Crippen LogP) is -0.121. The van der Waals surface area contributed by atoms with Crippen LogP contribution in [-0.4, -0.2) is 131 Å². The van der Waals surface area contributed by atoms with Gasteiger partial charge in [-0.25, -0.2) is 4.79 Å². The Morgan fingerprint density at radius 3 is 1.97 bits per heavy atom. The first-order chi connectivity index (χ1) is 28.7. The third-order valence-corrected chi connectivity index (χ3v) is 11.0. The average molecular weight is 855 g/mol. The van der Waals surface area contributed by atoms with E-state index < -0.39 is 114 Å². The lowest BCUT2D eigenvalue weighted by Crippen LogP contribution is -2.61. The molecule has 8 N–H and O–H groups in total. The van der Waals surface area contributed by atoms with Crippen molar-refractivity contribution in [3.63, 3.8) is 0 Å². The highest BCUT2D eigenvalue weighted by atomic mass is 16.5. The Balaban J connectivity index is 2.25. The number of aliphatic hydroxyl groups is 3. The van der Waals surface area contributed by atoms with Crippen molar-refractivity contribution >= 4 is 41.4 Å². The van der Waals surface area contributed by atoms with E-state index in [-0.39, 0.29) is 17.9 Å². The number of rotatable bonds is 12. The van der Waals surface area contributed by atoms with Crippen molar-refractivity contribution in [1.82, 2.24) is 31.5 Å². The Morgan fingerprint density at radius 1 is 0.836 bits per heavy atom. The van der Waals surface area contributed by atoms with E-state index in [4.69, 9.17) is 9.47 Å². The quantitative estimate of drug-likeness (QED) is 0.130. The summed E-state index contributed by atoms with van der Waals surface area (Å²) < 4.78 is 10.9. The first-order valence-corrected chi connectivity index (χ1v) is 20.4. The third kappa shape index (κ3) is 13.2. The first kappa shape index (κ1) is 49.8. The van der Waals surface area contributed by atoms with Gasteiger partial charge in [0.15, 0.2) is 6.04 Å².